The van der Waals surface area contributed by atoms with Crippen LogP contribution in [-0.4, -0.2) is 39.5 Å². The van der Waals surface area contributed by atoms with Gasteiger partial charge in [-0.3, -0.25) is 4.79 Å². The Morgan fingerprint density at radius 1 is 1.29 bits per heavy atom. The van der Waals surface area contributed by atoms with E-state index in [0.29, 0.717) is 19.8 Å². The fourth-order valence-corrected chi connectivity index (χ4v) is 3.86. The third kappa shape index (κ3) is 7.48. The molecule has 0 aromatic heterocycles. The Labute approximate surface area is 167 Å². The molecule has 28 heavy (non-hydrogen) atoms. The van der Waals surface area contributed by atoms with Gasteiger partial charge in [0.2, 0.25) is 5.91 Å². The molecule has 0 saturated heterocycles. The first-order valence-corrected chi connectivity index (χ1v) is 13.0. The molecular formula is C20H30N4O3Si. The smallest absolute Gasteiger partial charge is 0.217 e. The normalized spacial score (nSPS) is 22.1. The molecule has 0 radical (unpaired) electrons. The monoisotopic (exact) mass is 402 g/mol. The number of rotatable bonds is 9. The van der Waals surface area contributed by atoms with Gasteiger partial charge in [0.05, 0.1) is 25.9 Å². The van der Waals surface area contributed by atoms with E-state index in [4.69, 9.17) is 14.7 Å². The van der Waals surface area contributed by atoms with E-state index < -0.39 is 14.4 Å². The van der Waals surface area contributed by atoms with Gasteiger partial charge < -0.3 is 14.5 Å². The van der Waals surface area contributed by atoms with Crippen LogP contribution in [0.5, 0.6) is 0 Å². The Balaban J connectivity index is 2.11. The van der Waals surface area contributed by atoms with Crippen LogP contribution >= 0.6 is 0 Å². The fraction of sp³-hybridized carbons (Fsp3) is 0.550. The standard InChI is InChI=1S/C20H30N4O3Si/c1-15(25)22-20-18(14-26-12-16-8-6-5-7-9-16)10-17(11-19(20)23-24-21)13-27-28(2,3)4/h5-9,11,18-20H,10,12-14H2,1-4H3,(H,22,25)/t18-,19-,20-/m0/s1. The van der Waals surface area contributed by atoms with Crippen molar-refractivity contribution < 1.29 is 14.0 Å². The van der Waals surface area contributed by atoms with Gasteiger partial charge in [0.15, 0.2) is 8.32 Å². The average Bonchev–Trinajstić information content (AvgIpc) is 2.62. The highest BCUT2D eigenvalue weighted by Gasteiger charge is 2.34. The number of ether oxygens (including phenoxy) is 1. The zero-order valence-corrected chi connectivity index (χ0v) is 18.1. The number of benzene rings is 1. The third-order valence-corrected chi connectivity index (χ3v) is 5.51. The number of nitrogens with zero attached hydrogens (tertiary/aromatic N) is 3. The first-order valence-electron chi connectivity index (χ1n) is 9.55. The summed E-state index contributed by atoms with van der Waals surface area (Å²) in [5.41, 5.74) is 11.2. The number of carbonyl (C=O) groups excluding carboxylic acids is 1. The molecule has 3 atom stereocenters. The van der Waals surface area contributed by atoms with Crippen LogP contribution in [0.4, 0.5) is 0 Å². The summed E-state index contributed by atoms with van der Waals surface area (Å²) in [7, 11) is -1.66. The second-order valence-corrected chi connectivity index (χ2v) is 12.6. The number of carbonyl (C=O) groups is 1. The molecule has 0 saturated carbocycles. The molecule has 0 spiro atoms. The predicted octanol–water partition coefficient (Wildman–Crippen LogP) is 4.18. The molecule has 0 aliphatic heterocycles. The lowest BCUT2D eigenvalue weighted by molar-refractivity contribution is -0.120. The Bertz CT molecular complexity index is 727. The van der Waals surface area contributed by atoms with E-state index in [2.05, 4.69) is 35.0 Å². The minimum Gasteiger partial charge on any atom is -0.414 e. The molecule has 152 valence electrons. The lowest BCUT2D eigenvalue weighted by Gasteiger charge is -2.36. The lowest BCUT2D eigenvalue weighted by atomic mass is 9.82. The Hall–Kier alpha value is -2.12. The van der Waals surface area contributed by atoms with Crippen LogP contribution in [0, 0.1) is 5.92 Å². The third-order valence-electron chi connectivity index (χ3n) is 4.50. The summed E-state index contributed by atoms with van der Waals surface area (Å²) in [4.78, 5) is 14.7. The van der Waals surface area contributed by atoms with E-state index in [0.717, 1.165) is 17.6 Å². The Morgan fingerprint density at radius 3 is 2.61 bits per heavy atom. The summed E-state index contributed by atoms with van der Waals surface area (Å²) in [5.74, 6) is -0.139. The first-order chi connectivity index (χ1) is 13.3. The zero-order valence-electron chi connectivity index (χ0n) is 17.1. The van der Waals surface area contributed by atoms with E-state index in [1.165, 1.54) is 6.92 Å². The summed E-state index contributed by atoms with van der Waals surface area (Å²) in [6.07, 6.45) is 2.68. The Morgan fingerprint density at radius 2 is 2.00 bits per heavy atom. The molecule has 0 fully saturated rings. The molecule has 1 N–H and O–H groups in total. The summed E-state index contributed by atoms with van der Waals surface area (Å²) in [5, 5.41) is 6.87. The number of azide groups is 1. The van der Waals surface area contributed by atoms with Gasteiger partial charge in [-0.25, -0.2) is 0 Å². The largest absolute Gasteiger partial charge is 0.414 e. The summed E-state index contributed by atoms with van der Waals surface area (Å²) < 4.78 is 12.0. The second-order valence-electron chi connectivity index (χ2n) is 8.11. The molecule has 1 aromatic rings. The molecule has 1 aliphatic carbocycles. The van der Waals surface area contributed by atoms with Crippen molar-refractivity contribution in [2.24, 2.45) is 11.0 Å². The van der Waals surface area contributed by atoms with Crippen molar-refractivity contribution in [3.8, 4) is 0 Å². The molecule has 8 heteroatoms. The maximum atomic E-state index is 11.7. The van der Waals surface area contributed by atoms with Crippen molar-refractivity contribution in [1.29, 1.82) is 0 Å². The van der Waals surface area contributed by atoms with Gasteiger partial charge in [0.25, 0.3) is 0 Å². The number of nitrogens with one attached hydrogen (secondary N) is 1. The highest BCUT2D eigenvalue weighted by Crippen LogP contribution is 2.28. The fourth-order valence-electron chi connectivity index (χ4n) is 3.24. The SMILES string of the molecule is CC(=O)N[C@H]1[C@H](COCc2ccccc2)CC(CO[Si](C)(C)C)=C[C@@H]1N=[N+]=[N-]. The van der Waals surface area contributed by atoms with Crippen molar-refractivity contribution in [1.82, 2.24) is 5.32 Å². The van der Waals surface area contributed by atoms with Gasteiger partial charge in [-0.05, 0) is 42.7 Å². The van der Waals surface area contributed by atoms with Gasteiger partial charge in [0.1, 0.15) is 0 Å². The highest BCUT2D eigenvalue weighted by molar-refractivity contribution is 6.69. The van der Waals surface area contributed by atoms with E-state index in [1.807, 2.05) is 36.4 Å². The Kier molecular flexibility index (Phi) is 8.26. The molecule has 0 unspecified atom stereocenters. The van der Waals surface area contributed by atoms with Crippen LogP contribution in [0.25, 0.3) is 10.4 Å². The highest BCUT2D eigenvalue weighted by atomic mass is 28.4. The maximum Gasteiger partial charge on any atom is 0.217 e. The van der Waals surface area contributed by atoms with Gasteiger partial charge in [-0.15, -0.1) is 0 Å². The van der Waals surface area contributed by atoms with Crippen LogP contribution in [-0.2, 0) is 20.6 Å². The molecule has 2 rings (SSSR count). The van der Waals surface area contributed by atoms with Gasteiger partial charge in [-0.1, -0.05) is 41.5 Å². The van der Waals surface area contributed by atoms with E-state index >= 15 is 0 Å². The van der Waals surface area contributed by atoms with Crippen molar-refractivity contribution in [3.05, 3.63) is 58.0 Å². The molecule has 1 amide bonds. The zero-order chi connectivity index (χ0) is 20.6. The van der Waals surface area contributed by atoms with Crippen molar-refractivity contribution in [2.45, 2.75) is 51.7 Å². The van der Waals surface area contributed by atoms with Crippen molar-refractivity contribution in [3.63, 3.8) is 0 Å². The topological polar surface area (TPSA) is 96.3 Å². The second kappa shape index (κ2) is 10.4. The van der Waals surface area contributed by atoms with E-state index in [9.17, 15) is 4.79 Å². The molecule has 1 aromatic carbocycles. The molecular weight excluding hydrogens is 372 g/mol. The summed E-state index contributed by atoms with van der Waals surface area (Å²) >= 11 is 0. The summed E-state index contributed by atoms with van der Waals surface area (Å²) in [6, 6.07) is 9.21. The molecule has 0 heterocycles. The predicted molar refractivity (Wildman–Crippen MR) is 112 cm³/mol. The number of amides is 1. The minimum absolute atomic E-state index is 0.00773. The van der Waals surface area contributed by atoms with Crippen LogP contribution in [0.1, 0.15) is 18.9 Å². The van der Waals surface area contributed by atoms with Crippen LogP contribution in [0.15, 0.2) is 47.1 Å². The molecule has 7 nitrogen and oxygen atoms in total. The van der Waals surface area contributed by atoms with Gasteiger partial charge >= 0.3 is 0 Å². The van der Waals surface area contributed by atoms with E-state index in [1.54, 1.807) is 0 Å². The van der Waals surface area contributed by atoms with Crippen LogP contribution < -0.4 is 5.32 Å². The van der Waals surface area contributed by atoms with E-state index in [-0.39, 0.29) is 17.9 Å². The van der Waals surface area contributed by atoms with Gasteiger partial charge in [0, 0.05) is 23.8 Å². The molecule has 0 bridgehead atoms. The van der Waals surface area contributed by atoms with Crippen molar-refractivity contribution in [2.75, 3.05) is 13.2 Å². The van der Waals surface area contributed by atoms with Crippen LogP contribution in [0.3, 0.4) is 0 Å². The van der Waals surface area contributed by atoms with Crippen molar-refractivity contribution >= 4 is 14.2 Å². The maximum absolute atomic E-state index is 11.7. The number of hydrogen-bond acceptors (Lipinski definition) is 4. The first kappa shape index (κ1) is 22.2. The number of hydrogen-bond donors (Lipinski definition) is 1. The van der Waals surface area contributed by atoms with Crippen LogP contribution in [0.2, 0.25) is 19.6 Å². The molecule has 1 aliphatic rings. The quantitative estimate of drug-likeness (QED) is 0.220. The van der Waals surface area contributed by atoms with Gasteiger partial charge in [-0.2, -0.15) is 0 Å². The summed E-state index contributed by atoms with van der Waals surface area (Å²) in [6.45, 7) is 9.38. The minimum atomic E-state index is -1.66. The lowest BCUT2D eigenvalue weighted by Crippen LogP contribution is -2.50. The average molecular weight is 403 g/mol.